The molecular weight excluding hydrogens is 236 g/mol. The third kappa shape index (κ3) is 2.47. The van der Waals surface area contributed by atoms with Crippen LogP contribution in [0.4, 0.5) is 0 Å². The van der Waals surface area contributed by atoms with Crippen LogP contribution in [0.1, 0.15) is 50.2 Å². The summed E-state index contributed by atoms with van der Waals surface area (Å²) in [6, 6.07) is 5.87. The SMILES string of the molecule is CC(C)c1ccc(Cl)cc1C1(CC(=O)O)CC1. The fourth-order valence-corrected chi connectivity index (χ4v) is 2.65. The molecule has 0 radical (unpaired) electrons. The molecule has 3 heteroatoms. The van der Waals surface area contributed by atoms with E-state index in [1.54, 1.807) is 0 Å². The average molecular weight is 253 g/mol. The van der Waals surface area contributed by atoms with Crippen LogP contribution >= 0.6 is 11.6 Å². The summed E-state index contributed by atoms with van der Waals surface area (Å²) >= 11 is 6.04. The second-order valence-corrected chi connectivity index (χ2v) is 5.67. The van der Waals surface area contributed by atoms with Gasteiger partial charge in [0.05, 0.1) is 6.42 Å². The molecule has 2 rings (SSSR count). The molecule has 0 aromatic heterocycles. The molecule has 0 bridgehead atoms. The molecule has 1 saturated carbocycles. The molecule has 1 aromatic carbocycles. The van der Waals surface area contributed by atoms with E-state index in [9.17, 15) is 4.79 Å². The second kappa shape index (κ2) is 4.34. The molecule has 0 atom stereocenters. The van der Waals surface area contributed by atoms with Crippen molar-refractivity contribution in [3.05, 3.63) is 34.3 Å². The molecule has 2 nitrogen and oxygen atoms in total. The summed E-state index contributed by atoms with van der Waals surface area (Å²) in [4.78, 5) is 11.0. The maximum absolute atomic E-state index is 11.0. The third-order valence-corrected chi connectivity index (χ3v) is 3.79. The lowest BCUT2D eigenvalue weighted by Gasteiger charge is -2.20. The normalized spacial score (nSPS) is 17.2. The predicted octanol–water partition coefficient (Wildman–Crippen LogP) is 3.97. The van der Waals surface area contributed by atoms with Crippen molar-refractivity contribution in [1.29, 1.82) is 0 Å². The van der Waals surface area contributed by atoms with Crippen molar-refractivity contribution in [1.82, 2.24) is 0 Å². The van der Waals surface area contributed by atoms with Crippen molar-refractivity contribution < 1.29 is 9.90 Å². The Kier molecular flexibility index (Phi) is 3.17. The van der Waals surface area contributed by atoms with E-state index in [-0.39, 0.29) is 11.8 Å². The van der Waals surface area contributed by atoms with Crippen LogP contribution in [0, 0.1) is 0 Å². The van der Waals surface area contributed by atoms with Gasteiger partial charge in [-0.3, -0.25) is 4.79 Å². The highest BCUT2D eigenvalue weighted by atomic mass is 35.5. The van der Waals surface area contributed by atoms with Crippen LogP contribution in [0.15, 0.2) is 18.2 Å². The minimum Gasteiger partial charge on any atom is -0.481 e. The zero-order valence-electron chi connectivity index (χ0n) is 10.2. The van der Waals surface area contributed by atoms with E-state index in [2.05, 4.69) is 13.8 Å². The number of carboxylic acids is 1. The number of carboxylic acid groups (broad SMARTS) is 1. The van der Waals surface area contributed by atoms with Crippen molar-refractivity contribution in [2.24, 2.45) is 0 Å². The van der Waals surface area contributed by atoms with E-state index in [0.29, 0.717) is 10.9 Å². The maximum Gasteiger partial charge on any atom is 0.304 e. The number of halogens is 1. The second-order valence-electron chi connectivity index (χ2n) is 5.24. The van der Waals surface area contributed by atoms with Crippen molar-refractivity contribution in [3.8, 4) is 0 Å². The van der Waals surface area contributed by atoms with Gasteiger partial charge in [-0.15, -0.1) is 0 Å². The first-order valence-corrected chi connectivity index (χ1v) is 6.34. The van der Waals surface area contributed by atoms with Crippen molar-refractivity contribution in [2.45, 2.75) is 44.4 Å². The molecule has 1 aliphatic carbocycles. The molecule has 1 aliphatic rings. The Morgan fingerprint density at radius 1 is 1.47 bits per heavy atom. The summed E-state index contributed by atoms with van der Waals surface area (Å²) in [5.41, 5.74) is 2.21. The molecule has 0 aliphatic heterocycles. The van der Waals surface area contributed by atoms with Gasteiger partial charge in [-0.05, 0) is 42.0 Å². The largest absolute Gasteiger partial charge is 0.481 e. The molecule has 0 heterocycles. The highest BCUT2D eigenvalue weighted by Gasteiger charge is 2.47. The highest BCUT2D eigenvalue weighted by molar-refractivity contribution is 6.30. The van der Waals surface area contributed by atoms with Crippen LogP contribution in [-0.4, -0.2) is 11.1 Å². The van der Waals surface area contributed by atoms with Crippen LogP contribution in [-0.2, 0) is 10.2 Å². The average Bonchev–Trinajstić information content (AvgIpc) is 2.97. The van der Waals surface area contributed by atoms with Crippen molar-refractivity contribution in [2.75, 3.05) is 0 Å². The molecule has 17 heavy (non-hydrogen) atoms. The van der Waals surface area contributed by atoms with Gasteiger partial charge in [0.2, 0.25) is 0 Å². The van der Waals surface area contributed by atoms with Crippen LogP contribution in [0.25, 0.3) is 0 Å². The van der Waals surface area contributed by atoms with Gasteiger partial charge in [-0.1, -0.05) is 31.5 Å². The summed E-state index contributed by atoms with van der Waals surface area (Å²) in [7, 11) is 0. The van der Waals surface area contributed by atoms with E-state index in [4.69, 9.17) is 16.7 Å². The zero-order valence-corrected chi connectivity index (χ0v) is 10.9. The Morgan fingerprint density at radius 3 is 2.59 bits per heavy atom. The topological polar surface area (TPSA) is 37.3 Å². The quantitative estimate of drug-likeness (QED) is 0.880. The minimum absolute atomic E-state index is 0.156. The Balaban J connectivity index is 2.43. The van der Waals surface area contributed by atoms with Crippen LogP contribution in [0.2, 0.25) is 5.02 Å². The first-order chi connectivity index (χ1) is 7.94. The minimum atomic E-state index is -0.725. The maximum atomic E-state index is 11.0. The van der Waals surface area contributed by atoms with E-state index < -0.39 is 5.97 Å². The number of carbonyl (C=O) groups is 1. The molecule has 0 spiro atoms. The highest BCUT2D eigenvalue weighted by Crippen LogP contribution is 2.53. The lowest BCUT2D eigenvalue weighted by atomic mass is 9.84. The smallest absolute Gasteiger partial charge is 0.304 e. The van der Waals surface area contributed by atoms with Gasteiger partial charge in [-0.2, -0.15) is 0 Å². The lowest BCUT2D eigenvalue weighted by Crippen LogP contribution is -2.15. The number of hydrogen-bond donors (Lipinski definition) is 1. The van der Waals surface area contributed by atoms with Gasteiger partial charge >= 0.3 is 5.97 Å². The first kappa shape index (κ1) is 12.4. The van der Waals surface area contributed by atoms with Gasteiger partial charge in [0.25, 0.3) is 0 Å². The van der Waals surface area contributed by atoms with Crippen LogP contribution in [0.5, 0.6) is 0 Å². The molecular formula is C14H17ClO2. The fraction of sp³-hybridized carbons (Fsp3) is 0.500. The van der Waals surface area contributed by atoms with Crippen molar-refractivity contribution >= 4 is 17.6 Å². The number of rotatable bonds is 4. The molecule has 1 fully saturated rings. The number of benzene rings is 1. The third-order valence-electron chi connectivity index (χ3n) is 3.55. The van der Waals surface area contributed by atoms with E-state index >= 15 is 0 Å². The van der Waals surface area contributed by atoms with Crippen molar-refractivity contribution in [3.63, 3.8) is 0 Å². The van der Waals surface area contributed by atoms with Crippen LogP contribution in [0.3, 0.4) is 0 Å². The molecule has 1 aromatic rings. The van der Waals surface area contributed by atoms with Gasteiger partial charge in [-0.25, -0.2) is 0 Å². The lowest BCUT2D eigenvalue weighted by molar-refractivity contribution is -0.137. The Morgan fingerprint density at radius 2 is 2.12 bits per heavy atom. The van der Waals surface area contributed by atoms with E-state index in [1.807, 2.05) is 18.2 Å². The fourth-order valence-electron chi connectivity index (χ4n) is 2.47. The summed E-state index contributed by atoms with van der Waals surface area (Å²) in [5, 5.41) is 9.71. The van der Waals surface area contributed by atoms with Gasteiger partial charge in [0.1, 0.15) is 0 Å². The van der Waals surface area contributed by atoms with E-state index in [0.717, 1.165) is 18.4 Å². The van der Waals surface area contributed by atoms with Crippen LogP contribution < -0.4 is 0 Å². The van der Waals surface area contributed by atoms with E-state index in [1.165, 1.54) is 5.56 Å². The first-order valence-electron chi connectivity index (χ1n) is 5.96. The predicted molar refractivity (Wildman–Crippen MR) is 68.7 cm³/mol. The summed E-state index contributed by atoms with van der Waals surface area (Å²) in [6.07, 6.45) is 2.13. The zero-order chi connectivity index (χ0) is 12.6. The summed E-state index contributed by atoms with van der Waals surface area (Å²) in [5.74, 6) is -0.328. The Bertz CT molecular complexity index is 448. The molecule has 0 unspecified atom stereocenters. The van der Waals surface area contributed by atoms with Gasteiger partial charge < -0.3 is 5.11 Å². The Hall–Kier alpha value is -1.02. The molecule has 0 amide bonds. The molecule has 1 N–H and O–H groups in total. The standard InChI is InChI=1S/C14H17ClO2/c1-9(2)11-4-3-10(15)7-12(11)14(5-6-14)8-13(16)17/h3-4,7,9H,5-6,8H2,1-2H3,(H,16,17). The molecule has 92 valence electrons. The van der Waals surface area contributed by atoms with Gasteiger partial charge in [0, 0.05) is 10.4 Å². The monoisotopic (exact) mass is 252 g/mol. The number of aliphatic carboxylic acids is 1. The number of hydrogen-bond acceptors (Lipinski definition) is 1. The Labute approximate surface area is 107 Å². The molecule has 0 saturated heterocycles. The summed E-state index contributed by atoms with van der Waals surface area (Å²) in [6.45, 7) is 4.26. The van der Waals surface area contributed by atoms with Gasteiger partial charge in [0.15, 0.2) is 0 Å². The summed E-state index contributed by atoms with van der Waals surface area (Å²) < 4.78 is 0.